The molecule has 2 aromatic carbocycles. The summed E-state index contributed by atoms with van der Waals surface area (Å²) < 4.78 is 64.9. The maximum atomic E-state index is 15.0. The lowest BCUT2D eigenvalue weighted by Gasteiger charge is -2.29. The van der Waals surface area contributed by atoms with E-state index < -0.39 is 29.4 Å². The second-order valence-corrected chi connectivity index (χ2v) is 9.06. The van der Waals surface area contributed by atoms with Crippen LogP contribution in [0.4, 0.5) is 17.6 Å². The van der Waals surface area contributed by atoms with Gasteiger partial charge < -0.3 is 4.74 Å². The lowest BCUT2D eigenvalue weighted by molar-refractivity contribution is -0.0201. The largest absolute Gasteiger partial charge is 0.373 e. The van der Waals surface area contributed by atoms with Gasteiger partial charge in [0.1, 0.15) is 0 Å². The molecule has 1 aliphatic carbocycles. The first-order chi connectivity index (χ1) is 16.4. The lowest BCUT2D eigenvalue weighted by Crippen LogP contribution is -2.21. The van der Waals surface area contributed by atoms with Crippen LogP contribution in [0.1, 0.15) is 74.3 Å². The molecule has 5 heteroatoms. The van der Waals surface area contributed by atoms with Crippen LogP contribution in [0.5, 0.6) is 0 Å². The highest BCUT2D eigenvalue weighted by atomic mass is 19.2. The van der Waals surface area contributed by atoms with Gasteiger partial charge in [0, 0.05) is 16.7 Å². The molecule has 1 fully saturated rings. The van der Waals surface area contributed by atoms with Gasteiger partial charge in [0.05, 0.1) is 12.7 Å². The third-order valence-corrected chi connectivity index (χ3v) is 6.98. The number of allylic oxidation sites excluding steroid dienone is 6. The summed E-state index contributed by atoms with van der Waals surface area (Å²) in [6.45, 7) is 4.50. The van der Waals surface area contributed by atoms with Gasteiger partial charge in [-0.15, -0.1) is 0 Å². The standard InChI is InChI=1S/C29H30F4O/c1-3-5-6-21-12-13-22(27(31)26(21)30)19-8-10-20(11-9-19)23-14-15-24(29(33)28(23)32)25-16-7-18(4-2)17-34-25/h3,5,8,10,12-15,18,25H,4,6-7,9,11,16-17H2,1-2H3/b5-3-. The summed E-state index contributed by atoms with van der Waals surface area (Å²) in [5.74, 6) is -2.99. The fraction of sp³-hybridized carbons (Fsp3) is 0.379. The molecule has 0 saturated carbocycles. The van der Waals surface area contributed by atoms with Crippen LogP contribution in [0.15, 0.2) is 48.6 Å². The van der Waals surface area contributed by atoms with E-state index in [1.54, 1.807) is 48.6 Å². The Bertz CT molecular complexity index is 1140. The molecule has 4 rings (SSSR count). The van der Waals surface area contributed by atoms with Crippen LogP contribution < -0.4 is 0 Å². The fourth-order valence-electron chi connectivity index (χ4n) is 4.76. The summed E-state index contributed by atoms with van der Waals surface area (Å²) in [6.07, 6.45) is 10.3. The van der Waals surface area contributed by atoms with Crippen molar-refractivity contribution >= 4 is 11.1 Å². The van der Waals surface area contributed by atoms with Gasteiger partial charge in [-0.3, -0.25) is 0 Å². The molecule has 0 aromatic heterocycles. The number of ether oxygens (including phenoxy) is 1. The van der Waals surface area contributed by atoms with Crippen molar-refractivity contribution in [2.75, 3.05) is 6.61 Å². The fourth-order valence-corrected chi connectivity index (χ4v) is 4.76. The van der Waals surface area contributed by atoms with Crippen LogP contribution in [-0.2, 0) is 11.2 Å². The van der Waals surface area contributed by atoms with Crippen molar-refractivity contribution in [2.45, 2.75) is 58.5 Å². The molecule has 0 amide bonds. The average molecular weight is 471 g/mol. The van der Waals surface area contributed by atoms with E-state index in [2.05, 4.69) is 6.92 Å². The van der Waals surface area contributed by atoms with Gasteiger partial charge in [-0.25, -0.2) is 17.6 Å². The van der Waals surface area contributed by atoms with Gasteiger partial charge in [0.15, 0.2) is 23.3 Å². The van der Waals surface area contributed by atoms with Crippen molar-refractivity contribution in [2.24, 2.45) is 5.92 Å². The Balaban J connectivity index is 1.56. The minimum Gasteiger partial charge on any atom is -0.373 e. The molecule has 0 spiro atoms. The third kappa shape index (κ3) is 4.90. The van der Waals surface area contributed by atoms with Crippen LogP contribution in [0.3, 0.4) is 0 Å². The van der Waals surface area contributed by atoms with E-state index in [0.29, 0.717) is 54.9 Å². The van der Waals surface area contributed by atoms with Crippen LogP contribution in [0.25, 0.3) is 11.1 Å². The van der Waals surface area contributed by atoms with Crippen molar-refractivity contribution in [1.29, 1.82) is 0 Å². The highest BCUT2D eigenvalue weighted by molar-refractivity contribution is 5.78. The summed E-state index contributed by atoms with van der Waals surface area (Å²) in [7, 11) is 0. The second kappa shape index (κ2) is 10.7. The Morgan fingerprint density at radius 3 is 2.06 bits per heavy atom. The lowest BCUT2D eigenvalue weighted by atomic mass is 9.87. The zero-order valence-corrected chi connectivity index (χ0v) is 19.6. The summed E-state index contributed by atoms with van der Waals surface area (Å²) in [5.41, 5.74) is 2.24. The Morgan fingerprint density at radius 1 is 0.853 bits per heavy atom. The van der Waals surface area contributed by atoms with E-state index in [9.17, 15) is 13.2 Å². The van der Waals surface area contributed by atoms with E-state index in [-0.39, 0.29) is 16.7 Å². The second-order valence-electron chi connectivity index (χ2n) is 9.06. The predicted octanol–water partition coefficient (Wildman–Crippen LogP) is 8.50. The number of hydrogen-bond acceptors (Lipinski definition) is 1. The van der Waals surface area contributed by atoms with E-state index in [4.69, 9.17) is 4.74 Å². The van der Waals surface area contributed by atoms with Crippen LogP contribution in [0.2, 0.25) is 0 Å². The van der Waals surface area contributed by atoms with Crippen LogP contribution in [-0.4, -0.2) is 6.61 Å². The molecular formula is C29H30F4O. The average Bonchev–Trinajstić information content (AvgIpc) is 2.87. The van der Waals surface area contributed by atoms with Gasteiger partial charge in [0.2, 0.25) is 0 Å². The van der Waals surface area contributed by atoms with Gasteiger partial charge in [0.25, 0.3) is 0 Å². The molecule has 1 saturated heterocycles. The van der Waals surface area contributed by atoms with E-state index in [1.165, 1.54) is 0 Å². The molecular weight excluding hydrogens is 440 g/mol. The SMILES string of the molecule is C/C=C\Cc1ccc(C2=CC=C(c3ccc(C4CCC(CC)CO4)c(F)c3F)CC2)c(F)c1F. The first-order valence-corrected chi connectivity index (χ1v) is 12.0. The van der Waals surface area contributed by atoms with Crippen molar-refractivity contribution in [3.05, 3.63) is 94.1 Å². The maximum absolute atomic E-state index is 15.0. The topological polar surface area (TPSA) is 9.23 Å². The minimum atomic E-state index is -0.882. The molecule has 1 nitrogen and oxygen atoms in total. The number of halogens is 4. The van der Waals surface area contributed by atoms with E-state index in [1.807, 2.05) is 6.92 Å². The number of hydrogen-bond donors (Lipinski definition) is 0. The number of rotatable bonds is 6. The molecule has 0 N–H and O–H groups in total. The Kier molecular flexibility index (Phi) is 7.72. The first kappa shape index (κ1) is 24.5. The Hall–Kier alpha value is -2.66. The Labute approximate surface area is 198 Å². The van der Waals surface area contributed by atoms with E-state index in [0.717, 1.165) is 12.8 Å². The summed E-state index contributed by atoms with van der Waals surface area (Å²) in [5, 5.41) is 0. The third-order valence-electron chi connectivity index (χ3n) is 6.98. The van der Waals surface area contributed by atoms with Crippen LogP contribution >= 0.6 is 0 Å². The number of benzene rings is 2. The minimum absolute atomic E-state index is 0.201. The summed E-state index contributed by atoms with van der Waals surface area (Å²) >= 11 is 0. The molecule has 2 aliphatic rings. The molecule has 0 bridgehead atoms. The molecule has 2 aromatic rings. The Morgan fingerprint density at radius 2 is 1.50 bits per heavy atom. The quantitative estimate of drug-likeness (QED) is 0.304. The van der Waals surface area contributed by atoms with E-state index >= 15 is 4.39 Å². The maximum Gasteiger partial charge on any atom is 0.166 e. The first-order valence-electron chi connectivity index (χ1n) is 12.0. The van der Waals surface area contributed by atoms with Gasteiger partial charge in [-0.2, -0.15) is 0 Å². The van der Waals surface area contributed by atoms with Crippen LogP contribution in [0, 0.1) is 29.2 Å². The predicted molar refractivity (Wildman–Crippen MR) is 128 cm³/mol. The molecule has 0 radical (unpaired) electrons. The molecule has 1 aliphatic heterocycles. The molecule has 34 heavy (non-hydrogen) atoms. The highest BCUT2D eigenvalue weighted by Gasteiger charge is 2.27. The monoisotopic (exact) mass is 470 g/mol. The summed E-state index contributed by atoms with van der Waals surface area (Å²) in [6, 6.07) is 6.40. The van der Waals surface area contributed by atoms with Crippen molar-refractivity contribution in [3.8, 4) is 0 Å². The molecule has 180 valence electrons. The highest BCUT2D eigenvalue weighted by Crippen LogP contribution is 2.38. The molecule has 2 atom stereocenters. The normalized spacial score (nSPS) is 21.0. The molecule has 2 unspecified atom stereocenters. The van der Waals surface area contributed by atoms with Crippen molar-refractivity contribution in [1.82, 2.24) is 0 Å². The van der Waals surface area contributed by atoms with Crippen molar-refractivity contribution in [3.63, 3.8) is 0 Å². The van der Waals surface area contributed by atoms with Gasteiger partial charge in [-0.05, 0) is 61.7 Å². The molecule has 1 heterocycles. The zero-order valence-electron chi connectivity index (χ0n) is 19.6. The van der Waals surface area contributed by atoms with Gasteiger partial charge >= 0.3 is 0 Å². The van der Waals surface area contributed by atoms with Crippen molar-refractivity contribution < 1.29 is 22.3 Å². The van der Waals surface area contributed by atoms with Gasteiger partial charge in [-0.1, -0.05) is 61.9 Å². The smallest absolute Gasteiger partial charge is 0.166 e. The zero-order chi connectivity index (χ0) is 24.2. The summed E-state index contributed by atoms with van der Waals surface area (Å²) in [4.78, 5) is 0.